The number of carbonyl (C=O) groups is 2. The maximum absolute atomic E-state index is 13.9. The molecule has 2 heterocycles. The van der Waals surface area contributed by atoms with Crippen LogP contribution in [0.15, 0.2) is 103 Å². The molecule has 0 bridgehead atoms. The topological polar surface area (TPSA) is 96.3 Å². The number of nitrogens with zero attached hydrogens (tertiary/aromatic N) is 2. The summed E-state index contributed by atoms with van der Waals surface area (Å²) < 4.78 is 13.4. The third-order valence-electron chi connectivity index (χ3n) is 12.4. The first-order chi connectivity index (χ1) is 27.8. The maximum Gasteiger partial charge on any atom is 0.270 e. The molecule has 6 aromatic rings. The van der Waals surface area contributed by atoms with Crippen molar-refractivity contribution in [2.75, 3.05) is 13.1 Å². The number of para-hydroxylation sites is 1. The maximum atomic E-state index is 13.9. The first-order valence-electron chi connectivity index (χ1n) is 21.0. The molecule has 9 heteroatoms. The molecule has 8 nitrogen and oxygen atoms in total. The Morgan fingerprint density at radius 2 is 1.12 bits per heavy atom. The lowest BCUT2D eigenvalue weighted by molar-refractivity contribution is 0.0615. The monoisotopic (exact) mass is 766 g/mol. The molecule has 2 aromatic heterocycles. The van der Waals surface area contributed by atoms with Gasteiger partial charge in [-0.1, -0.05) is 60.7 Å². The highest BCUT2D eigenvalue weighted by Gasteiger charge is 2.31. The van der Waals surface area contributed by atoms with Crippen molar-refractivity contribution < 1.29 is 14.0 Å². The second-order valence-corrected chi connectivity index (χ2v) is 16.1. The Hall–Kier alpha value is -5.25. The molecule has 2 amide bonds. The molecule has 2 saturated carbocycles. The first kappa shape index (κ1) is 38.6. The number of nitrogens with one attached hydrogen (secondary N) is 4. The molecular weight excluding hydrogens is 712 g/mol. The molecule has 4 atom stereocenters. The zero-order valence-electron chi connectivity index (χ0n) is 33.2. The Bertz CT molecular complexity index is 2260. The van der Waals surface area contributed by atoms with Crippen LogP contribution in [0.5, 0.6) is 0 Å². The first-order valence-corrected chi connectivity index (χ1v) is 21.0. The van der Waals surface area contributed by atoms with E-state index in [2.05, 4.69) is 81.8 Å². The van der Waals surface area contributed by atoms with Gasteiger partial charge in [-0.3, -0.25) is 9.59 Å². The lowest BCUT2D eigenvalue weighted by Gasteiger charge is -2.37. The molecule has 0 aliphatic heterocycles. The van der Waals surface area contributed by atoms with E-state index in [9.17, 15) is 14.0 Å². The summed E-state index contributed by atoms with van der Waals surface area (Å²) in [4.78, 5) is 38.4. The van der Waals surface area contributed by atoms with E-state index in [1.807, 2.05) is 53.4 Å². The van der Waals surface area contributed by atoms with E-state index >= 15 is 0 Å². The van der Waals surface area contributed by atoms with Crippen LogP contribution in [0.25, 0.3) is 32.9 Å². The van der Waals surface area contributed by atoms with Crippen LogP contribution in [-0.4, -0.2) is 68.8 Å². The van der Waals surface area contributed by atoms with Gasteiger partial charge in [0.15, 0.2) is 0 Å². The summed E-state index contributed by atoms with van der Waals surface area (Å²) in [5.41, 5.74) is 7.79. The number of H-pyrrole nitrogens is 2. The van der Waals surface area contributed by atoms with Crippen LogP contribution < -0.4 is 10.6 Å². The Kier molecular flexibility index (Phi) is 11.8. The Morgan fingerprint density at radius 3 is 1.68 bits per heavy atom. The van der Waals surface area contributed by atoms with Crippen LogP contribution >= 0.6 is 0 Å². The summed E-state index contributed by atoms with van der Waals surface area (Å²) in [5.74, 6) is -0.0904. The van der Waals surface area contributed by atoms with E-state index in [-0.39, 0.29) is 29.7 Å². The summed E-state index contributed by atoms with van der Waals surface area (Å²) in [7, 11) is 0. The molecule has 57 heavy (non-hydrogen) atoms. The average molecular weight is 767 g/mol. The fraction of sp³-hybridized carbons (Fsp3) is 0.375. The third-order valence-corrected chi connectivity index (χ3v) is 12.4. The van der Waals surface area contributed by atoms with E-state index in [4.69, 9.17) is 0 Å². The molecule has 0 unspecified atom stereocenters. The normalized spacial score (nSPS) is 19.8. The summed E-state index contributed by atoms with van der Waals surface area (Å²) >= 11 is 0. The number of aromatic nitrogens is 2. The lowest BCUT2D eigenvalue weighted by atomic mass is 9.89. The fourth-order valence-corrected chi connectivity index (χ4v) is 9.27. The van der Waals surface area contributed by atoms with Gasteiger partial charge in [-0.2, -0.15) is 0 Å². The molecule has 296 valence electrons. The van der Waals surface area contributed by atoms with E-state index in [1.54, 1.807) is 0 Å². The van der Waals surface area contributed by atoms with Gasteiger partial charge in [0.1, 0.15) is 17.2 Å². The van der Waals surface area contributed by atoms with Crippen LogP contribution in [0.2, 0.25) is 0 Å². The zero-order valence-corrected chi connectivity index (χ0v) is 33.2. The van der Waals surface area contributed by atoms with Crippen LogP contribution in [0.4, 0.5) is 4.39 Å². The van der Waals surface area contributed by atoms with Crippen molar-refractivity contribution in [2.24, 2.45) is 0 Å². The standard InChI is InChI=1S/C48H55FN6O2/c1-3-54(47(56)45-26-36-9-5-6-14-43(36)52-45)41-12-7-10-39(28-41)50-30-32-15-19-34(20-16-32)35-21-24-44-37(25-35)27-46(53-44)48(57)55(4-2)42-13-8-11-40(29-42)51-31-33-17-22-38(49)23-18-33/h5-6,9,14-27,39-42,50-53H,3-4,7-8,10-13,28-31H2,1-2H3/t39-,40-,41+,42+/m1/s1. The number of carbonyl (C=O) groups excluding carboxylic acids is 2. The SMILES string of the molecule is CCN(C(=O)c1cc2ccccc2[nH]1)[C@H]1CCC[C@@H](NCc2ccc(-c3ccc4[nH]c(C(=O)N(CC)[C@H]5CCC[C@@H](NCc6ccc(F)cc6)C5)cc4c3)cc2)C1. The number of hydrogen-bond donors (Lipinski definition) is 4. The van der Waals surface area contributed by atoms with Gasteiger partial charge in [-0.25, -0.2) is 4.39 Å². The zero-order chi connectivity index (χ0) is 39.3. The van der Waals surface area contributed by atoms with Crippen molar-refractivity contribution in [3.63, 3.8) is 0 Å². The highest BCUT2D eigenvalue weighted by molar-refractivity contribution is 5.99. The van der Waals surface area contributed by atoms with Crippen molar-refractivity contribution in [1.82, 2.24) is 30.4 Å². The molecular formula is C48H55FN6O2. The van der Waals surface area contributed by atoms with Crippen molar-refractivity contribution in [3.05, 3.63) is 131 Å². The molecule has 8 rings (SSSR count). The van der Waals surface area contributed by atoms with E-state index in [0.29, 0.717) is 43.1 Å². The van der Waals surface area contributed by atoms with Gasteiger partial charge in [0.25, 0.3) is 11.8 Å². The summed E-state index contributed by atoms with van der Waals surface area (Å²) in [6, 6.07) is 34.9. The number of hydrogen-bond acceptors (Lipinski definition) is 4. The highest BCUT2D eigenvalue weighted by Crippen LogP contribution is 2.30. The largest absolute Gasteiger partial charge is 0.351 e. The van der Waals surface area contributed by atoms with Crippen molar-refractivity contribution >= 4 is 33.6 Å². The number of aromatic amines is 2. The van der Waals surface area contributed by atoms with Crippen molar-refractivity contribution in [2.45, 2.75) is 102 Å². The number of benzene rings is 4. The fourth-order valence-electron chi connectivity index (χ4n) is 9.27. The molecule has 4 N–H and O–H groups in total. The van der Waals surface area contributed by atoms with Gasteiger partial charge < -0.3 is 30.4 Å². The van der Waals surface area contributed by atoms with Gasteiger partial charge in [0.2, 0.25) is 0 Å². The van der Waals surface area contributed by atoms with E-state index in [0.717, 1.165) is 96.4 Å². The summed E-state index contributed by atoms with van der Waals surface area (Å²) in [5, 5.41) is 9.53. The molecule has 0 radical (unpaired) electrons. The van der Waals surface area contributed by atoms with E-state index < -0.39 is 0 Å². The average Bonchev–Trinajstić information content (AvgIpc) is 3.89. The van der Waals surface area contributed by atoms with Gasteiger partial charge in [-0.05, 0) is 130 Å². The predicted molar refractivity (Wildman–Crippen MR) is 228 cm³/mol. The lowest BCUT2D eigenvalue weighted by Crippen LogP contribution is -2.46. The van der Waals surface area contributed by atoms with Gasteiger partial charge in [0, 0.05) is 72.2 Å². The number of halogens is 1. The van der Waals surface area contributed by atoms with Crippen LogP contribution in [0.1, 0.15) is 97.3 Å². The number of fused-ring (bicyclic) bond motifs is 2. The van der Waals surface area contributed by atoms with Crippen LogP contribution in [0, 0.1) is 5.82 Å². The van der Waals surface area contributed by atoms with Gasteiger partial charge >= 0.3 is 0 Å². The summed E-state index contributed by atoms with van der Waals surface area (Å²) in [6.45, 7) is 6.96. The van der Waals surface area contributed by atoms with Crippen molar-refractivity contribution in [1.29, 1.82) is 0 Å². The molecule has 2 fully saturated rings. The van der Waals surface area contributed by atoms with Gasteiger partial charge in [-0.15, -0.1) is 0 Å². The smallest absolute Gasteiger partial charge is 0.270 e. The molecule has 0 saturated heterocycles. The number of rotatable bonds is 13. The molecule has 2 aliphatic carbocycles. The second-order valence-electron chi connectivity index (χ2n) is 16.1. The highest BCUT2D eigenvalue weighted by atomic mass is 19.1. The summed E-state index contributed by atoms with van der Waals surface area (Å²) in [6.07, 6.45) is 8.24. The Balaban J connectivity index is 0.859. The quantitative estimate of drug-likeness (QED) is 0.0942. The van der Waals surface area contributed by atoms with Crippen LogP contribution in [0.3, 0.4) is 0 Å². The van der Waals surface area contributed by atoms with E-state index in [1.165, 1.54) is 17.7 Å². The molecule has 2 aliphatic rings. The minimum Gasteiger partial charge on any atom is -0.351 e. The molecule has 4 aromatic carbocycles. The second kappa shape index (κ2) is 17.5. The van der Waals surface area contributed by atoms with Gasteiger partial charge in [0.05, 0.1) is 0 Å². The third kappa shape index (κ3) is 8.85. The Labute approximate surface area is 335 Å². The van der Waals surface area contributed by atoms with Crippen molar-refractivity contribution in [3.8, 4) is 11.1 Å². The minimum atomic E-state index is -0.220. The Morgan fingerprint density at radius 1 is 0.614 bits per heavy atom. The van der Waals surface area contributed by atoms with Crippen LogP contribution in [-0.2, 0) is 13.1 Å². The molecule has 0 spiro atoms. The number of amides is 2. The predicted octanol–water partition coefficient (Wildman–Crippen LogP) is 9.58. The minimum absolute atomic E-state index is 0.0452.